The van der Waals surface area contributed by atoms with Crippen LogP contribution in [0.2, 0.25) is 0 Å². The highest BCUT2D eigenvalue weighted by Gasteiger charge is 2.48. The summed E-state index contributed by atoms with van der Waals surface area (Å²) in [4.78, 5) is 10.9. The number of amides is 1. The Morgan fingerprint density at radius 2 is 1.70 bits per heavy atom. The van der Waals surface area contributed by atoms with Crippen molar-refractivity contribution in [3.8, 4) is 11.1 Å². The maximum absolute atomic E-state index is 10.9. The average molecular weight is 368 g/mol. The van der Waals surface area contributed by atoms with Crippen LogP contribution in [-0.2, 0) is 25.5 Å². The van der Waals surface area contributed by atoms with E-state index in [2.05, 4.69) is 41.7 Å². The standard InChI is InChI=1S/C21H24N2O4/c22-19(24)13-25-18-12-27-20-17(11-26-21(18)20)23-10-14-6-8-16(9-7-14)15-4-2-1-3-5-15/h1-9,17-18,20-21,23H,10-13H2,(H2,22,24)/t17-,18-,20-,21+/m1/s1. The Morgan fingerprint density at radius 1 is 1.00 bits per heavy atom. The van der Waals surface area contributed by atoms with Crippen LogP contribution < -0.4 is 11.1 Å². The molecule has 2 aromatic rings. The van der Waals surface area contributed by atoms with Crippen LogP contribution in [0.15, 0.2) is 54.6 Å². The molecule has 1 amide bonds. The third-order valence-electron chi connectivity index (χ3n) is 5.08. The molecule has 142 valence electrons. The van der Waals surface area contributed by atoms with Gasteiger partial charge in [-0.2, -0.15) is 0 Å². The summed E-state index contributed by atoms with van der Waals surface area (Å²) < 4.78 is 17.2. The topological polar surface area (TPSA) is 82.8 Å². The summed E-state index contributed by atoms with van der Waals surface area (Å²) in [5, 5.41) is 3.52. The highest BCUT2D eigenvalue weighted by molar-refractivity contribution is 5.75. The zero-order chi connectivity index (χ0) is 18.6. The van der Waals surface area contributed by atoms with Gasteiger partial charge in [-0.15, -0.1) is 0 Å². The minimum Gasteiger partial charge on any atom is -0.371 e. The van der Waals surface area contributed by atoms with Crippen molar-refractivity contribution in [3.63, 3.8) is 0 Å². The second-order valence-corrected chi connectivity index (χ2v) is 6.96. The molecule has 0 spiro atoms. The van der Waals surface area contributed by atoms with Gasteiger partial charge in [0, 0.05) is 6.54 Å². The fourth-order valence-electron chi connectivity index (χ4n) is 3.67. The van der Waals surface area contributed by atoms with Gasteiger partial charge in [-0.3, -0.25) is 4.79 Å². The molecule has 0 radical (unpaired) electrons. The normalized spacial score (nSPS) is 26.8. The SMILES string of the molecule is NC(=O)CO[C@@H]1CO[C@H]2[C@H]1OC[C@H]2NCc1ccc(-c2ccccc2)cc1. The van der Waals surface area contributed by atoms with Gasteiger partial charge in [-0.05, 0) is 16.7 Å². The Labute approximate surface area is 158 Å². The van der Waals surface area contributed by atoms with E-state index in [1.54, 1.807) is 0 Å². The lowest BCUT2D eigenvalue weighted by Gasteiger charge is -2.18. The first kappa shape index (κ1) is 18.1. The molecule has 0 aliphatic carbocycles. The molecule has 0 unspecified atom stereocenters. The van der Waals surface area contributed by atoms with E-state index in [9.17, 15) is 4.79 Å². The molecular weight excluding hydrogens is 344 g/mol. The average Bonchev–Trinajstić information content (AvgIpc) is 3.28. The zero-order valence-corrected chi connectivity index (χ0v) is 15.0. The molecule has 2 aromatic carbocycles. The van der Waals surface area contributed by atoms with Crippen molar-refractivity contribution >= 4 is 5.91 Å². The number of ether oxygens (including phenoxy) is 3. The van der Waals surface area contributed by atoms with Crippen molar-refractivity contribution in [1.29, 1.82) is 0 Å². The van der Waals surface area contributed by atoms with E-state index in [1.165, 1.54) is 16.7 Å². The molecule has 2 heterocycles. The van der Waals surface area contributed by atoms with E-state index in [4.69, 9.17) is 19.9 Å². The van der Waals surface area contributed by atoms with E-state index in [0.717, 1.165) is 6.54 Å². The minimum atomic E-state index is -0.481. The molecule has 6 heteroatoms. The summed E-state index contributed by atoms with van der Waals surface area (Å²) >= 11 is 0. The maximum Gasteiger partial charge on any atom is 0.243 e. The fourth-order valence-corrected chi connectivity index (χ4v) is 3.67. The lowest BCUT2D eigenvalue weighted by molar-refractivity contribution is -0.126. The number of benzene rings is 2. The third kappa shape index (κ3) is 4.20. The monoisotopic (exact) mass is 368 g/mol. The smallest absolute Gasteiger partial charge is 0.243 e. The Kier molecular flexibility index (Phi) is 5.50. The molecule has 4 rings (SSSR count). The Balaban J connectivity index is 1.30. The van der Waals surface area contributed by atoms with Crippen LogP contribution in [0.5, 0.6) is 0 Å². The lowest BCUT2D eigenvalue weighted by atomic mass is 10.0. The first-order valence-corrected chi connectivity index (χ1v) is 9.21. The molecule has 4 atom stereocenters. The van der Waals surface area contributed by atoms with E-state index in [-0.39, 0.29) is 31.0 Å². The van der Waals surface area contributed by atoms with E-state index in [1.807, 2.05) is 18.2 Å². The Hall–Kier alpha value is -2.25. The van der Waals surface area contributed by atoms with Gasteiger partial charge in [0.25, 0.3) is 0 Å². The summed E-state index contributed by atoms with van der Waals surface area (Å²) in [7, 11) is 0. The molecule has 0 saturated carbocycles. The molecule has 2 saturated heterocycles. The third-order valence-corrected chi connectivity index (χ3v) is 5.08. The maximum atomic E-state index is 10.9. The van der Waals surface area contributed by atoms with E-state index < -0.39 is 5.91 Å². The van der Waals surface area contributed by atoms with Crippen molar-refractivity contribution in [3.05, 3.63) is 60.2 Å². The van der Waals surface area contributed by atoms with Gasteiger partial charge in [0.1, 0.15) is 24.9 Å². The van der Waals surface area contributed by atoms with Gasteiger partial charge in [0.15, 0.2) is 0 Å². The van der Waals surface area contributed by atoms with E-state index in [0.29, 0.717) is 13.2 Å². The quantitative estimate of drug-likeness (QED) is 0.774. The number of hydrogen-bond acceptors (Lipinski definition) is 5. The van der Waals surface area contributed by atoms with Crippen LogP contribution in [0.25, 0.3) is 11.1 Å². The summed E-state index contributed by atoms with van der Waals surface area (Å²) in [6.07, 6.45) is -0.451. The first-order valence-electron chi connectivity index (χ1n) is 9.21. The largest absolute Gasteiger partial charge is 0.371 e. The van der Waals surface area contributed by atoms with Crippen LogP contribution in [0.4, 0.5) is 0 Å². The zero-order valence-electron chi connectivity index (χ0n) is 15.0. The van der Waals surface area contributed by atoms with Gasteiger partial charge >= 0.3 is 0 Å². The Bertz CT molecular complexity index is 766. The summed E-state index contributed by atoms with van der Waals surface area (Å²) in [6, 6.07) is 19.0. The van der Waals surface area contributed by atoms with Gasteiger partial charge in [-0.25, -0.2) is 0 Å². The summed E-state index contributed by atoms with van der Waals surface area (Å²) in [6.45, 7) is 1.62. The number of carbonyl (C=O) groups excluding carboxylic acids is 1. The molecule has 0 bridgehead atoms. The van der Waals surface area contributed by atoms with Crippen molar-refractivity contribution in [1.82, 2.24) is 5.32 Å². The second kappa shape index (κ2) is 8.19. The summed E-state index contributed by atoms with van der Waals surface area (Å²) in [5.41, 5.74) is 8.76. The lowest BCUT2D eigenvalue weighted by Crippen LogP contribution is -2.41. The molecule has 27 heavy (non-hydrogen) atoms. The van der Waals surface area contributed by atoms with Gasteiger partial charge in [0.2, 0.25) is 5.91 Å². The number of primary amides is 1. The molecule has 6 nitrogen and oxygen atoms in total. The predicted octanol–water partition coefficient (Wildman–Crippen LogP) is 1.48. The van der Waals surface area contributed by atoms with Crippen LogP contribution >= 0.6 is 0 Å². The molecular formula is C21H24N2O4. The predicted molar refractivity (Wildman–Crippen MR) is 101 cm³/mol. The number of carbonyl (C=O) groups is 1. The number of fused-ring (bicyclic) bond motifs is 1. The van der Waals surface area contributed by atoms with Crippen molar-refractivity contribution in [2.45, 2.75) is 30.9 Å². The van der Waals surface area contributed by atoms with Gasteiger partial charge in [0.05, 0.1) is 19.3 Å². The van der Waals surface area contributed by atoms with Gasteiger partial charge in [-0.1, -0.05) is 54.6 Å². The molecule has 2 aliphatic heterocycles. The van der Waals surface area contributed by atoms with Crippen molar-refractivity contribution in [2.24, 2.45) is 5.73 Å². The number of nitrogens with one attached hydrogen (secondary N) is 1. The van der Waals surface area contributed by atoms with E-state index >= 15 is 0 Å². The number of rotatable bonds is 7. The number of hydrogen-bond donors (Lipinski definition) is 2. The molecule has 2 aliphatic rings. The molecule has 3 N–H and O–H groups in total. The van der Waals surface area contributed by atoms with Crippen molar-refractivity contribution in [2.75, 3.05) is 19.8 Å². The number of nitrogens with two attached hydrogens (primary N) is 1. The second-order valence-electron chi connectivity index (χ2n) is 6.96. The van der Waals surface area contributed by atoms with Gasteiger partial charge < -0.3 is 25.3 Å². The molecule has 0 aromatic heterocycles. The minimum absolute atomic E-state index is 0.0635. The summed E-state index contributed by atoms with van der Waals surface area (Å²) in [5.74, 6) is -0.481. The van der Waals surface area contributed by atoms with Crippen LogP contribution in [-0.4, -0.2) is 50.1 Å². The Morgan fingerprint density at radius 3 is 2.44 bits per heavy atom. The molecule has 2 fully saturated rings. The highest BCUT2D eigenvalue weighted by atomic mass is 16.6. The van der Waals surface area contributed by atoms with Crippen LogP contribution in [0.1, 0.15) is 5.56 Å². The highest BCUT2D eigenvalue weighted by Crippen LogP contribution is 2.29. The first-order chi connectivity index (χ1) is 13.2. The van der Waals surface area contributed by atoms with Crippen LogP contribution in [0.3, 0.4) is 0 Å². The fraction of sp³-hybridized carbons (Fsp3) is 0.381. The van der Waals surface area contributed by atoms with Crippen molar-refractivity contribution < 1.29 is 19.0 Å². The van der Waals surface area contributed by atoms with Crippen LogP contribution in [0, 0.1) is 0 Å².